The van der Waals surface area contributed by atoms with Gasteiger partial charge in [-0.1, -0.05) is 11.6 Å². The van der Waals surface area contributed by atoms with Crippen molar-refractivity contribution in [3.05, 3.63) is 62.6 Å². The molecular weight excluding hydrogens is 330 g/mol. The Morgan fingerprint density at radius 2 is 2.00 bits per heavy atom. The minimum atomic E-state index is -0.777. The van der Waals surface area contributed by atoms with Gasteiger partial charge in [-0.2, -0.15) is 0 Å². The number of non-ortho nitro benzene ring substituents is 1. The van der Waals surface area contributed by atoms with Gasteiger partial charge in [-0.15, -0.1) is 0 Å². The fraction of sp³-hybridized carbons (Fsp3) is 0.143. The summed E-state index contributed by atoms with van der Waals surface area (Å²) in [5, 5.41) is 10.5. The van der Waals surface area contributed by atoms with Gasteiger partial charge in [-0.25, -0.2) is 9.59 Å². The Morgan fingerprint density at radius 1 is 1.26 bits per heavy atom. The van der Waals surface area contributed by atoms with Crippen LogP contribution in [0, 0.1) is 10.1 Å². The van der Waals surface area contributed by atoms with Gasteiger partial charge >= 0.3 is 11.9 Å². The topological polar surface area (TPSA) is 109 Å². The predicted molar refractivity (Wildman–Crippen MR) is 77.3 cm³/mol. The van der Waals surface area contributed by atoms with Gasteiger partial charge in [0, 0.05) is 12.1 Å². The third-order valence-corrected chi connectivity index (χ3v) is 3.09. The molecule has 0 unspecified atom stereocenters. The van der Waals surface area contributed by atoms with Crippen LogP contribution in [-0.4, -0.2) is 24.0 Å². The molecule has 0 amide bonds. The maximum absolute atomic E-state index is 11.9. The van der Waals surface area contributed by atoms with Crippen LogP contribution in [0.3, 0.4) is 0 Å². The summed E-state index contributed by atoms with van der Waals surface area (Å²) in [5.41, 5.74) is -0.252. The first-order valence-corrected chi connectivity index (χ1v) is 6.58. The van der Waals surface area contributed by atoms with Crippen molar-refractivity contribution in [3.63, 3.8) is 0 Å². The molecule has 23 heavy (non-hydrogen) atoms. The van der Waals surface area contributed by atoms with Crippen LogP contribution in [0.15, 0.2) is 34.7 Å². The number of benzene rings is 1. The molecule has 1 aromatic heterocycles. The minimum Gasteiger partial charge on any atom is -0.463 e. The summed E-state index contributed by atoms with van der Waals surface area (Å²) in [6.45, 7) is -0.233. The van der Waals surface area contributed by atoms with Crippen LogP contribution in [0.25, 0.3) is 0 Å². The third kappa shape index (κ3) is 3.86. The largest absolute Gasteiger partial charge is 0.463 e. The Balaban J connectivity index is 2.03. The SMILES string of the molecule is COC(=O)c1ccc(COC(=O)c2ccc([N+](=O)[O-])cc2Cl)o1. The Morgan fingerprint density at radius 3 is 2.61 bits per heavy atom. The van der Waals surface area contributed by atoms with Crippen LogP contribution in [0.2, 0.25) is 5.02 Å². The molecule has 0 bridgehead atoms. The molecule has 2 aromatic rings. The molecule has 0 atom stereocenters. The summed E-state index contributed by atoms with van der Waals surface area (Å²) in [4.78, 5) is 33.1. The Hall–Kier alpha value is -2.87. The summed E-state index contributed by atoms with van der Waals surface area (Å²) in [6.07, 6.45) is 0. The van der Waals surface area contributed by atoms with Gasteiger partial charge < -0.3 is 13.9 Å². The van der Waals surface area contributed by atoms with Gasteiger partial charge in [0.25, 0.3) is 5.69 Å². The number of nitrogens with zero attached hydrogens (tertiary/aromatic N) is 1. The van der Waals surface area contributed by atoms with E-state index in [9.17, 15) is 19.7 Å². The molecule has 0 aliphatic rings. The average Bonchev–Trinajstić information content (AvgIpc) is 3.00. The van der Waals surface area contributed by atoms with E-state index in [1.165, 1.54) is 25.3 Å². The van der Waals surface area contributed by atoms with E-state index in [-0.39, 0.29) is 34.4 Å². The predicted octanol–water partition coefficient (Wildman–Crippen LogP) is 2.98. The molecule has 0 saturated heterocycles. The summed E-state index contributed by atoms with van der Waals surface area (Å²) in [7, 11) is 1.21. The first-order valence-electron chi connectivity index (χ1n) is 6.20. The monoisotopic (exact) mass is 339 g/mol. The van der Waals surface area contributed by atoms with E-state index < -0.39 is 16.9 Å². The number of nitro benzene ring substituents is 1. The van der Waals surface area contributed by atoms with Crippen LogP contribution < -0.4 is 0 Å². The molecule has 0 saturated carbocycles. The lowest BCUT2D eigenvalue weighted by Crippen LogP contribution is -2.06. The number of ether oxygens (including phenoxy) is 2. The molecule has 0 spiro atoms. The van der Waals surface area contributed by atoms with Crippen LogP contribution in [-0.2, 0) is 16.1 Å². The molecule has 8 nitrogen and oxygen atoms in total. The van der Waals surface area contributed by atoms with E-state index in [4.69, 9.17) is 20.8 Å². The van der Waals surface area contributed by atoms with Crippen molar-refractivity contribution in [2.24, 2.45) is 0 Å². The molecular formula is C14H10ClNO7. The Labute approximate surface area is 134 Å². The maximum atomic E-state index is 11.9. The van der Waals surface area contributed by atoms with Crippen molar-refractivity contribution >= 4 is 29.2 Å². The zero-order chi connectivity index (χ0) is 17.0. The summed E-state index contributed by atoms with van der Waals surface area (Å²) >= 11 is 5.82. The highest BCUT2D eigenvalue weighted by Crippen LogP contribution is 2.23. The first-order chi connectivity index (χ1) is 10.9. The third-order valence-electron chi connectivity index (χ3n) is 2.78. The summed E-state index contributed by atoms with van der Waals surface area (Å²) in [6, 6.07) is 6.24. The number of esters is 2. The molecule has 0 N–H and O–H groups in total. The van der Waals surface area contributed by atoms with Crippen molar-refractivity contribution in [1.29, 1.82) is 0 Å². The standard InChI is InChI=1S/C14H10ClNO7/c1-21-14(18)12-5-3-9(23-12)7-22-13(17)10-4-2-8(16(19)20)6-11(10)15/h2-6H,7H2,1H3. The van der Waals surface area contributed by atoms with Gasteiger partial charge in [-0.05, 0) is 18.2 Å². The van der Waals surface area contributed by atoms with Gasteiger partial charge in [-0.3, -0.25) is 10.1 Å². The molecule has 120 valence electrons. The number of rotatable bonds is 5. The van der Waals surface area contributed by atoms with E-state index in [1.54, 1.807) is 0 Å². The van der Waals surface area contributed by atoms with Gasteiger partial charge in [0.2, 0.25) is 5.76 Å². The maximum Gasteiger partial charge on any atom is 0.373 e. The van der Waals surface area contributed by atoms with E-state index in [2.05, 4.69) is 4.74 Å². The van der Waals surface area contributed by atoms with Gasteiger partial charge in [0.1, 0.15) is 12.4 Å². The van der Waals surface area contributed by atoms with Crippen LogP contribution in [0.4, 0.5) is 5.69 Å². The smallest absolute Gasteiger partial charge is 0.373 e. The number of hydrogen-bond acceptors (Lipinski definition) is 7. The number of carbonyl (C=O) groups is 2. The molecule has 0 radical (unpaired) electrons. The quantitative estimate of drug-likeness (QED) is 0.468. The molecule has 0 aliphatic heterocycles. The van der Waals surface area contributed by atoms with E-state index in [0.717, 1.165) is 12.1 Å². The Bertz CT molecular complexity index is 768. The zero-order valence-corrected chi connectivity index (χ0v) is 12.5. The molecule has 9 heteroatoms. The number of halogens is 1. The average molecular weight is 340 g/mol. The number of carbonyl (C=O) groups excluding carboxylic acids is 2. The highest BCUT2D eigenvalue weighted by molar-refractivity contribution is 6.33. The number of methoxy groups -OCH3 is 1. The highest BCUT2D eigenvalue weighted by atomic mass is 35.5. The van der Waals surface area contributed by atoms with Crippen LogP contribution in [0.1, 0.15) is 26.7 Å². The second kappa shape index (κ2) is 6.93. The van der Waals surface area contributed by atoms with Crippen molar-refractivity contribution in [1.82, 2.24) is 0 Å². The Kier molecular flexibility index (Phi) is 4.97. The van der Waals surface area contributed by atoms with Crippen LogP contribution in [0.5, 0.6) is 0 Å². The number of hydrogen-bond donors (Lipinski definition) is 0. The van der Waals surface area contributed by atoms with Crippen molar-refractivity contribution in [3.8, 4) is 0 Å². The van der Waals surface area contributed by atoms with Crippen molar-refractivity contribution in [2.45, 2.75) is 6.61 Å². The molecule has 1 aromatic carbocycles. The second-order valence-corrected chi connectivity index (χ2v) is 4.66. The number of furan rings is 1. The van der Waals surface area contributed by atoms with Crippen LogP contribution >= 0.6 is 11.6 Å². The molecule has 0 fully saturated rings. The normalized spacial score (nSPS) is 10.2. The van der Waals surface area contributed by atoms with Gasteiger partial charge in [0.15, 0.2) is 0 Å². The molecule has 2 rings (SSSR count). The summed E-state index contributed by atoms with van der Waals surface area (Å²) < 4.78 is 14.6. The lowest BCUT2D eigenvalue weighted by atomic mass is 10.2. The van der Waals surface area contributed by atoms with E-state index in [0.29, 0.717) is 0 Å². The van der Waals surface area contributed by atoms with Gasteiger partial charge in [0.05, 0.1) is 22.6 Å². The van der Waals surface area contributed by atoms with Crippen molar-refractivity contribution in [2.75, 3.05) is 7.11 Å². The minimum absolute atomic E-state index is 0.0167. The molecule has 1 heterocycles. The first kappa shape index (κ1) is 16.5. The van der Waals surface area contributed by atoms with Crippen molar-refractivity contribution < 1.29 is 28.4 Å². The number of nitro groups is 1. The fourth-order valence-electron chi connectivity index (χ4n) is 1.66. The van der Waals surface area contributed by atoms with E-state index in [1.807, 2.05) is 0 Å². The zero-order valence-electron chi connectivity index (χ0n) is 11.8. The van der Waals surface area contributed by atoms with E-state index >= 15 is 0 Å². The second-order valence-electron chi connectivity index (χ2n) is 4.25. The molecule has 0 aliphatic carbocycles. The summed E-state index contributed by atoms with van der Waals surface area (Å²) in [5.74, 6) is -1.22. The fourth-order valence-corrected chi connectivity index (χ4v) is 1.92. The highest BCUT2D eigenvalue weighted by Gasteiger charge is 2.17. The lowest BCUT2D eigenvalue weighted by molar-refractivity contribution is -0.384. The lowest BCUT2D eigenvalue weighted by Gasteiger charge is -2.04.